The van der Waals surface area contributed by atoms with E-state index in [-0.39, 0.29) is 16.6 Å². The normalized spacial score (nSPS) is 10.8. The van der Waals surface area contributed by atoms with Gasteiger partial charge in [-0.05, 0) is 66.3 Å². The van der Waals surface area contributed by atoms with E-state index in [0.29, 0.717) is 16.8 Å². The highest BCUT2D eigenvalue weighted by Crippen LogP contribution is 2.15. The highest BCUT2D eigenvalue weighted by molar-refractivity contribution is 7.89. The molecule has 3 aromatic rings. The van der Waals surface area contributed by atoms with Gasteiger partial charge in [0.1, 0.15) is 0 Å². The van der Waals surface area contributed by atoms with Crippen LogP contribution in [0.3, 0.4) is 0 Å². The van der Waals surface area contributed by atoms with Gasteiger partial charge in [0.15, 0.2) is 5.11 Å². The molecule has 170 valence electrons. The van der Waals surface area contributed by atoms with Crippen molar-refractivity contribution in [3.05, 3.63) is 95.6 Å². The molecule has 0 unspecified atom stereocenters. The molecule has 3 aromatic carbocycles. The number of nitrogens with one attached hydrogen (secondary N) is 3. The summed E-state index contributed by atoms with van der Waals surface area (Å²) in [7, 11) is -2.41. The Balaban J connectivity index is 1.56. The lowest BCUT2D eigenvalue weighted by Gasteiger charge is -2.11. The average molecular weight is 484 g/mol. The second-order valence-electron chi connectivity index (χ2n) is 6.81. The van der Waals surface area contributed by atoms with Gasteiger partial charge in [-0.2, -0.15) is 0 Å². The Kier molecular flexibility index (Phi) is 7.88. The minimum atomic E-state index is -3.68. The SMILES string of the molecule is COC(=O)c1ccc(C(=O)NC(=S)Nc2ccc(S(=O)(=O)NCc3ccccc3)cc2)cc1. The molecule has 0 aliphatic heterocycles. The van der Waals surface area contributed by atoms with Gasteiger partial charge in [0.25, 0.3) is 5.91 Å². The molecule has 1 amide bonds. The lowest BCUT2D eigenvalue weighted by Crippen LogP contribution is -2.34. The highest BCUT2D eigenvalue weighted by Gasteiger charge is 2.14. The smallest absolute Gasteiger partial charge is 0.337 e. The van der Waals surface area contributed by atoms with Crippen LogP contribution in [-0.2, 0) is 21.3 Å². The number of benzene rings is 3. The topological polar surface area (TPSA) is 114 Å². The molecule has 0 aliphatic carbocycles. The number of rotatable bonds is 7. The van der Waals surface area contributed by atoms with E-state index in [1.54, 1.807) is 12.1 Å². The minimum absolute atomic E-state index is 0.0369. The molecule has 0 bridgehead atoms. The van der Waals surface area contributed by atoms with Crippen LogP contribution in [0.2, 0.25) is 0 Å². The second kappa shape index (κ2) is 10.8. The summed E-state index contributed by atoms with van der Waals surface area (Å²) in [6, 6.07) is 21.1. The molecular weight excluding hydrogens is 462 g/mol. The Bertz CT molecular complexity index is 1240. The average Bonchev–Trinajstić information content (AvgIpc) is 2.83. The first-order chi connectivity index (χ1) is 15.8. The third-order valence-corrected chi connectivity index (χ3v) is 6.15. The Hall–Kier alpha value is -3.60. The fourth-order valence-corrected chi connectivity index (χ4v) is 4.02. The highest BCUT2D eigenvalue weighted by atomic mass is 32.2. The van der Waals surface area contributed by atoms with Crippen LogP contribution in [0.1, 0.15) is 26.3 Å². The van der Waals surface area contributed by atoms with Gasteiger partial charge in [-0.3, -0.25) is 10.1 Å². The number of ether oxygens (including phenoxy) is 1. The van der Waals surface area contributed by atoms with E-state index in [0.717, 1.165) is 5.56 Å². The lowest BCUT2D eigenvalue weighted by atomic mass is 10.1. The van der Waals surface area contributed by atoms with Crippen molar-refractivity contribution >= 4 is 44.9 Å². The predicted molar refractivity (Wildman–Crippen MR) is 128 cm³/mol. The summed E-state index contributed by atoms with van der Waals surface area (Å²) in [6.45, 7) is 0.180. The molecule has 0 fully saturated rings. The standard InChI is InChI=1S/C23H21N3O5S2/c1-31-22(28)18-9-7-17(8-10-18)21(27)26-23(32)25-19-11-13-20(14-12-19)33(29,30)24-15-16-5-3-2-4-6-16/h2-14,24H,15H2,1H3,(H2,25,26,27,32). The van der Waals surface area contributed by atoms with Crippen LogP contribution in [0.4, 0.5) is 5.69 Å². The maximum Gasteiger partial charge on any atom is 0.337 e. The molecular formula is C23H21N3O5S2. The maximum absolute atomic E-state index is 12.5. The van der Waals surface area contributed by atoms with E-state index < -0.39 is 21.9 Å². The number of thiocarbonyl (C=S) groups is 1. The molecule has 0 atom stereocenters. The summed E-state index contributed by atoms with van der Waals surface area (Å²) >= 11 is 5.15. The summed E-state index contributed by atoms with van der Waals surface area (Å²) in [6.07, 6.45) is 0. The minimum Gasteiger partial charge on any atom is -0.465 e. The number of hydrogen-bond donors (Lipinski definition) is 3. The Morgan fingerprint density at radius 3 is 2.09 bits per heavy atom. The third kappa shape index (κ3) is 6.69. The molecule has 0 saturated carbocycles. The number of anilines is 1. The van der Waals surface area contributed by atoms with Crippen LogP contribution >= 0.6 is 12.2 Å². The van der Waals surface area contributed by atoms with Crippen molar-refractivity contribution < 1.29 is 22.7 Å². The van der Waals surface area contributed by atoms with E-state index in [2.05, 4.69) is 20.1 Å². The van der Waals surface area contributed by atoms with Crippen molar-refractivity contribution in [3.8, 4) is 0 Å². The fraction of sp³-hybridized carbons (Fsp3) is 0.0870. The van der Waals surface area contributed by atoms with Crippen molar-refractivity contribution in [1.82, 2.24) is 10.0 Å². The third-order valence-electron chi connectivity index (χ3n) is 4.53. The zero-order chi connectivity index (χ0) is 23.8. The molecule has 0 aliphatic rings. The van der Waals surface area contributed by atoms with Gasteiger partial charge in [0.05, 0.1) is 17.6 Å². The number of hydrogen-bond acceptors (Lipinski definition) is 6. The van der Waals surface area contributed by atoms with E-state index >= 15 is 0 Å². The quantitative estimate of drug-likeness (QED) is 0.350. The first-order valence-electron chi connectivity index (χ1n) is 9.73. The van der Waals surface area contributed by atoms with Crippen molar-refractivity contribution in [3.63, 3.8) is 0 Å². The molecule has 0 spiro atoms. The van der Waals surface area contributed by atoms with E-state index in [1.165, 1.54) is 43.5 Å². The van der Waals surface area contributed by atoms with Crippen molar-refractivity contribution in [2.75, 3.05) is 12.4 Å². The molecule has 0 radical (unpaired) electrons. The summed E-state index contributed by atoms with van der Waals surface area (Å²) < 4.78 is 32.1. The van der Waals surface area contributed by atoms with Gasteiger partial charge in [-0.1, -0.05) is 30.3 Å². The largest absolute Gasteiger partial charge is 0.465 e. The van der Waals surface area contributed by atoms with Gasteiger partial charge in [0, 0.05) is 17.8 Å². The van der Waals surface area contributed by atoms with Gasteiger partial charge in [0.2, 0.25) is 10.0 Å². The maximum atomic E-state index is 12.5. The Morgan fingerprint density at radius 1 is 0.879 bits per heavy atom. The van der Waals surface area contributed by atoms with Gasteiger partial charge < -0.3 is 10.1 Å². The van der Waals surface area contributed by atoms with Gasteiger partial charge >= 0.3 is 5.97 Å². The zero-order valence-electron chi connectivity index (χ0n) is 17.6. The number of methoxy groups -OCH3 is 1. The van der Waals surface area contributed by atoms with Crippen LogP contribution in [-0.4, -0.2) is 32.5 Å². The summed E-state index contributed by atoms with van der Waals surface area (Å²) in [4.78, 5) is 23.9. The van der Waals surface area contributed by atoms with Crippen molar-refractivity contribution in [1.29, 1.82) is 0 Å². The number of carbonyl (C=O) groups excluding carboxylic acids is 2. The van der Waals surface area contributed by atoms with Crippen LogP contribution in [0, 0.1) is 0 Å². The van der Waals surface area contributed by atoms with Crippen molar-refractivity contribution in [2.24, 2.45) is 0 Å². The molecule has 0 heterocycles. The van der Waals surface area contributed by atoms with E-state index in [1.807, 2.05) is 30.3 Å². The van der Waals surface area contributed by atoms with Crippen LogP contribution in [0.15, 0.2) is 83.8 Å². The summed E-state index contributed by atoms with van der Waals surface area (Å²) in [5, 5.41) is 5.39. The van der Waals surface area contributed by atoms with Crippen LogP contribution in [0.25, 0.3) is 0 Å². The fourth-order valence-electron chi connectivity index (χ4n) is 2.79. The monoisotopic (exact) mass is 483 g/mol. The Labute approximate surface area is 197 Å². The number of carbonyl (C=O) groups is 2. The number of amides is 1. The second-order valence-corrected chi connectivity index (χ2v) is 8.99. The lowest BCUT2D eigenvalue weighted by molar-refractivity contribution is 0.0600. The van der Waals surface area contributed by atoms with E-state index in [4.69, 9.17) is 12.2 Å². The van der Waals surface area contributed by atoms with Gasteiger partial charge in [-0.15, -0.1) is 0 Å². The zero-order valence-corrected chi connectivity index (χ0v) is 19.2. The molecule has 10 heteroatoms. The first-order valence-corrected chi connectivity index (χ1v) is 11.6. The van der Waals surface area contributed by atoms with Gasteiger partial charge in [-0.25, -0.2) is 17.9 Å². The summed E-state index contributed by atoms with van der Waals surface area (Å²) in [5.41, 5.74) is 1.98. The molecule has 0 aromatic heterocycles. The molecule has 0 saturated heterocycles. The van der Waals surface area contributed by atoms with Crippen LogP contribution < -0.4 is 15.4 Å². The number of esters is 1. The molecule has 33 heavy (non-hydrogen) atoms. The summed E-state index contributed by atoms with van der Waals surface area (Å²) in [5.74, 6) is -0.965. The number of sulfonamides is 1. The Morgan fingerprint density at radius 2 is 1.48 bits per heavy atom. The molecule has 3 rings (SSSR count). The van der Waals surface area contributed by atoms with Crippen molar-refractivity contribution in [2.45, 2.75) is 11.4 Å². The molecule has 3 N–H and O–H groups in total. The first kappa shape index (κ1) is 24.1. The molecule has 8 nitrogen and oxygen atoms in total. The van der Waals surface area contributed by atoms with Crippen LogP contribution in [0.5, 0.6) is 0 Å². The van der Waals surface area contributed by atoms with E-state index in [9.17, 15) is 18.0 Å². The predicted octanol–water partition coefficient (Wildman–Crippen LogP) is 3.08.